The normalized spacial score (nSPS) is 14.1. The first-order valence-corrected chi connectivity index (χ1v) is 5.50. The van der Waals surface area contributed by atoms with E-state index in [0.717, 1.165) is 0 Å². The number of hydrogen-bond acceptors (Lipinski definition) is 2. The van der Waals surface area contributed by atoms with Gasteiger partial charge in [-0.05, 0) is 17.3 Å². The van der Waals surface area contributed by atoms with E-state index in [1.165, 1.54) is 12.2 Å². The minimum absolute atomic E-state index is 0.0473. The highest BCUT2D eigenvalue weighted by molar-refractivity contribution is 5.75. The molecule has 0 saturated heterocycles. The lowest BCUT2D eigenvalue weighted by atomic mass is 9.72. The minimum Gasteiger partial charge on any atom is -0.275 e. The molecule has 3 heteroatoms. The van der Waals surface area contributed by atoms with Crippen molar-refractivity contribution in [1.82, 2.24) is 5.06 Å². The van der Waals surface area contributed by atoms with Crippen molar-refractivity contribution in [1.29, 1.82) is 0 Å². The van der Waals surface area contributed by atoms with E-state index in [1.807, 2.05) is 0 Å². The highest BCUT2D eigenvalue weighted by Gasteiger charge is 2.30. The van der Waals surface area contributed by atoms with Crippen LogP contribution in [0.1, 0.15) is 41.0 Å². The molecule has 0 aromatic heterocycles. The van der Waals surface area contributed by atoms with E-state index < -0.39 is 0 Å². The molecule has 0 rings (SSSR count). The SMILES string of the molecule is CON(C)C(=O)CC(C(C)C)C(C)(C)C. The molecule has 0 aliphatic rings. The summed E-state index contributed by atoms with van der Waals surface area (Å²) < 4.78 is 0. The predicted octanol–water partition coefficient (Wildman–Crippen LogP) is 2.71. The van der Waals surface area contributed by atoms with Crippen LogP contribution in [-0.4, -0.2) is 25.1 Å². The van der Waals surface area contributed by atoms with E-state index in [-0.39, 0.29) is 11.3 Å². The van der Waals surface area contributed by atoms with Crippen molar-refractivity contribution in [3.63, 3.8) is 0 Å². The molecule has 0 radical (unpaired) electrons. The fraction of sp³-hybridized carbons (Fsp3) is 0.917. The Morgan fingerprint density at radius 2 is 1.80 bits per heavy atom. The second kappa shape index (κ2) is 5.50. The minimum atomic E-state index is 0.0473. The lowest BCUT2D eigenvalue weighted by Crippen LogP contribution is -2.33. The van der Waals surface area contributed by atoms with Crippen LogP contribution in [0.15, 0.2) is 0 Å². The number of hydrogen-bond donors (Lipinski definition) is 0. The molecule has 0 spiro atoms. The number of carbonyl (C=O) groups is 1. The van der Waals surface area contributed by atoms with Gasteiger partial charge in [-0.2, -0.15) is 0 Å². The maximum absolute atomic E-state index is 11.7. The van der Waals surface area contributed by atoms with Gasteiger partial charge >= 0.3 is 0 Å². The molecule has 0 aliphatic carbocycles. The van der Waals surface area contributed by atoms with Crippen LogP contribution < -0.4 is 0 Å². The fourth-order valence-corrected chi connectivity index (χ4v) is 1.96. The third kappa shape index (κ3) is 4.65. The molecular formula is C12H25NO2. The third-order valence-corrected chi connectivity index (χ3v) is 2.94. The van der Waals surface area contributed by atoms with Gasteiger partial charge in [0.05, 0.1) is 7.11 Å². The smallest absolute Gasteiger partial charge is 0.246 e. The van der Waals surface area contributed by atoms with Gasteiger partial charge in [0.25, 0.3) is 0 Å². The molecule has 0 aliphatic heterocycles. The van der Waals surface area contributed by atoms with E-state index >= 15 is 0 Å². The fourth-order valence-electron chi connectivity index (χ4n) is 1.96. The van der Waals surface area contributed by atoms with Crippen LogP contribution in [-0.2, 0) is 9.63 Å². The van der Waals surface area contributed by atoms with Crippen molar-refractivity contribution in [2.75, 3.05) is 14.2 Å². The summed E-state index contributed by atoms with van der Waals surface area (Å²) in [5.74, 6) is 0.924. The van der Waals surface area contributed by atoms with E-state index in [1.54, 1.807) is 7.05 Å². The Balaban J connectivity index is 4.50. The van der Waals surface area contributed by atoms with Crippen molar-refractivity contribution in [2.45, 2.75) is 41.0 Å². The summed E-state index contributed by atoms with van der Waals surface area (Å²) in [6, 6.07) is 0. The van der Waals surface area contributed by atoms with Crippen LogP contribution in [0.3, 0.4) is 0 Å². The lowest BCUT2D eigenvalue weighted by molar-refractivity contribution is -0.171. The van der Waals surface area contributed by atoms with Gasteiger partial charge in [-0.1, -0.05) is 34.6 Å². The molecule has 0 saturated carbocycles. The highest BCUT2D eigenvalue weighted by Crippen LogP contribution is 2.34. The van der Waals surface area contributed by atoms with Crippen LogP contribution in [0, 0.1) is 17.3 Å². The average molecular weight is 215 g/mol. The van der Waals surface area contributed by atoms with Crippen molar-refractivity contribution < 1.29 is 9.63 Å². The Labute approximate surface area is 93.7 Å². The van der Waals surface area contributed by atoms with Gasteiger partial charge in [-0.25, -0.2) is 5.06 Å². The van der Waals surface area contributed by atoms with Crippen LogP contribution in [0.25, 0.3) is 0 Å². The van der Waals surface area contributed by atoms with Gasteiger partial charge < -0.3 is 0 Å². The van der Waals surface area contributed by atoms with Gasteiger partial charge in [-0.3, -0.25) is 9.63 Å². The molecule has 0 fully saturated rings. The predicted molar refractivity (Wildman–Crippen MR) is 62.2 cm³/mol. The number of hydroxylamine groups is 2. The van der Waals surface area contributed by atoms with Crippen LogP contribution in [0.5, 0.6) is 0 Å². The molecule has 1 atom stereocenters. The van der Waals surface area contributed by atoms with Crippen LogP contribution in [0.2, 0.25) is 0 Å². The Morgan fingerprint density at radius 3 is 2.07 bits per heavy atom. The zero-order chi connectivity index (χ0) is 12.2. The molecule has 1 unspecified atom stereocenters. The monoisotopic (exact) mass is 215 g/mol. The molecule has 0 aromatic rings. The zero-order valence-electron chi connectivity index (χ0n) is 11.1. The first-order chi connectivity index (χ1) is 6.70. The van der Waals surface area contributed by atoms with Crippen molar-refractivity contribution in [3.8, 4) is 0 Å². The Morgan fingerprint density at radius 1 is 1.33 bits per heavy atom. The van der Waals surface area contributed by atoms with E-state index in [4.69, 9.17) is 4.84 Å². The summed E-state index contributed by atoms with van der Waals surface area (Å²) >= 11 is 0. The first-order valence-electron chi connectivity index (χ1n) is 5.50. The van der Waals surface area contributed by atoms with Crippen molar-refractivity contribution in [3.05, 3.63) is 0 Å². The molecule has 90 valence electrons. The summed E-state index contributed by atoms with van der Waals surface area (Å²) in [7, 11) is 3.17. The number of rotatable bonds is 4. The van der Waals surface area contributed by atoms with Crippen molar-refractivity contribution in [2.24, 2.45) is 17.3 Å². The average Bonchev–Trinajstić information content (AvgIpc) is 2.09. The standard InChI is InChI=1S/C12H25NO2/c1-9(2)10(12(3,4)5)8-11(14)13(6)15-7/h9-10H,8H2,1-7H3. The molecule has 15 heavy (non-hydrogen) atoms. The number of amides is 1. The van der Waals surface area contributed by atoms with E-state index in [2.05, 4.69) is 34.6 Å². The second-order valence-corrected chi connectivity index (χ2v) is 5.49. The van der Waals surface area contributed by atoms with Gasteiger partial charge in [0, 0.05) is 13.5 Å². The Bertz CT molecular complexity index is 206. The summed E-state index contributed by atoms with van der Waals surface area (Å²) in [5, 5.41) is 1.31. The van der Waals surface area contributed by atoms with E-state index in [9.17, 15) is 4.79 Å². The zero-order valence-corrected chi connectivity index (χ0v) is 11.1. The maximum atomic E-state index is 11.7. The van der Waals surface area contributed by atoms with Gasteiger partial charge in [0.2, 0.25) is 5.91 Å². The molecule has 3 nitrogen and oxygen atoms in total. The van der Waals surface area contributed by atoms with Gasteiger partial charge in [0.15, 0.2) is 0 Å². The quantitative estimate of drug-likeness (QED) is 0.675. The molecule has 0 aromatic carbocycles. The highest BCUT2D eigenvalue weighted by atomic mass is 16.7. The first kappa shape index (κ1) is 14.4. The number of nitrogens with zero attached hydrogens (tertiary/aromatic N) is 1. The summed E-state index contributed by atoms with van der Waals surface area (Å²) in [6.45, 7) is 10.9. The van der Waals surface area contributed by atoms with Crippen LogP contribution >= 0.6 is 0 Å². The maximum Gasteiger partial charge on any atom is 0.246 e. The Kier molecular flexibility index (Phi) is 5.29. The van der Waals surface area contributed by atoms with Gasteiger partial charge in [0.1, 0.15) is 0 Å². The molecular weight excluding hydrogens is 190 g/mol. The second-order valence-electron chi connectivity index (χ2n) is 5.49. The van der Waals surface area contributed by atoms with Crippen LogP contribution in [0.4, 0.5) is 0 Å². The molecule has 0 heterocycles. The van der Waals surface area contributed by atoms with Gasteiger partial charge in [-0.15, -0.1) is 0 Å². The summed E-state index contributed by atoms with van der Waals surface area (Å²) in [5.41, 5.74) is 0.151. The Hall–Kier alpha value is -0.570. The van der Waals surface area contributed by atoms with Crippen molar-refractivity contribution >= 4 is 5.91 Å². The largest absolute Gasteiger partial charge is 0.275 e. The summed E-state index contributed by atoms with van der Waals surface area (Å²) in [6.07, 6.45) is 0.547. The summed E-state index contributed by atoms with van der Waals surface area (Å²) in [4.78, 5) is 16.6. The molecule has 1 amide bonds. The third-order valence-electron chi connectivity index (χ3n) is 2.94. The lowest BCUT2D eigenvalue weighted by Gasteiger charge is -2.34. The molecule has 0 N–H and O–H groups in total. The van der Waals surface area contributed by atoms with E-state index in [0.29, 0.717) is 18.3 Å². The molecule has 0 bridgehead atoms. The number of carbonyl (C=O) groups excluding carboxylic acids is 1. The topological polar surface area (TPSA) is 29.5 Å².